The predicted molar refractivity (Wildman–Crippen MR) is 71.8 cm³/mol. The second-order valence-electron chi connectivity index (χ2n) is 5.36. The molecule has 1 saturated carbocycles. The van der Waals surface area contributed by atoms with Gasteiger partial charge in [-0.05, 0) is 37.0 Å². The Hall–Kier alpha value is -1.88. The summed E-state index contributed by atoms with van der Waals surface area (Å²) in [6.45, 7) is 1.72. The Balaban J connectivity index is 1.83. The van der Waals surface area contributed by atoms with Crippen LogP contribution in [0.25, 0.3) is 0 Å². The number of rotatable bonds is 3. The minimum absolute atomic E-state index is 0.0895. The summed E-state index contributed by atoms with van der Waals surface area (Å²) in [5.74, 6) is -0.560. The van der Waals surface area contributed by atoms with Gasteiger partial charge in [-0.15, -0.1) is 0 Å². The molecule has 1 aliphatic carbocycles. The zero-order valence-corrected chi connectivity index (χ0v) is 11.1. The largest absolute Gasteiger partial charge is 0.478 e. The van der Waals surface area contributed by atoms with Crippen molar-refractivity contribution >= 4 is 11.9 Å². The van der Waals surface area contributed by atoms with Gasteiger partial charge in [0.25, 0.3) is 5.91 Å². The summed E-state index contributed by atoms with van der Waals surface area (Å²) in [7, 11) is 0. The highest BCUT2D eigenvalue weighted by Gasteiger charge is 2.39. The van der Waals surface area contributed by atoms with Crippen molar-refractivity contribution in [2.24, 2.45) is 5.92 Å². The van der Waals surface area contributed by atoms with Crippen LogP contribution in [0.1, 0.15) is 33.6 Å². The van der Waals surface area contributed by atoms with Gasteiger partial charge in [-0.2, -0.15) is 0 Å². The number of hydrogen-bond donors (Lipinski definition) is 1. The van der Waals surface area contributed by atoms with E-state index in [-0.39, 0.29) is 17.5 Å². The molecule has 0 aromatic heterocycles. The first-order valence-corrected chi connectivity index (χ1v) is 6.89. The average Bonchev–Trinajstić information content (AvgIpc) is 3.31. The van der Waals surface area contributed by atoms with Crippen molar-refractivity contribution in [3.8, 4) is 0 Å². The molecule has 1 saturated heterocycles. The third-order valence-electron chi connectivity index (χ3n) is 3.95. The summed E-state index contributed by atoms with van der Waals surface area (Å²) in [4.78, 5) is 25.4. The Labute approximate surface area is 117 Å². The summed E-state index contributed by atoms with van der Waals surface area (Å²) in [5, 5.41) is 9.01. The number of ether oxygens (including phenoxy) is 1. The standard InChI is InChI=1S/C15H17NO4/c17-14(11-2-1-3-12(8-11)15(18)19)16-6-7-20-9-13(16)10-4-5-10/h1-3,8,10,13H,4-7,9H2,(H,18,19)/t13-/m0/s1. The number of morpholine rings is 1. The van der Waals surface area contributed by atoms with Gasteiger partial charge in [-0.3, -0.25) is 4.79 Å². The predicted octanol–water partition coefficient (Wildman–Crippen LogP) is 1.64. The maximum absolute atomic E-state index is 12.6. The van der Waals surface area contributed by atoms with E-state index in [1.807, 2.05) is 4.90 Å². The summed E-state index contributed by atoms with van der Waals surface area (Å²) in [6.07, 6.45) is 2.29. The molecule has 2 fully saturated rings. The first-order chi connectivity index (χ1) is 9.66. The zero-order chi connectivity index (χ0) is 14.1. The Morgan fingerprint density at radius 2 is 2.00 bits per heavy atom. The van der Waals surface area contributed by atoms with E-state index in [9.17, 15) is 9.59 Å². The Morgan fingerprint density at radius 3 is 2.70 bits per heavy atom. The van der Waals surface area contributed by atoms with Gasteiger partial charge < -0.3 is 14.7 Å². The van der Waals surface area contributed by atoms with Crippen LogP contribution >= 0.6 is 0 Å². The molecule has 2 aliphatic rings. The Morgan fingerprint density at radius 1 is 1.25 bits per heavy atom. The van der Waals surface area contributed by atoms with Gasteiger partial charge >= 0.3 is 5.97 Å². The summed E-state index contributed by atoms with van der Waals surface area (Å²) in [6, 6.07) is 6.38. The third kappa shape index (κ3) is 2.54. The van der Waals surface area contributed by atoms with Gasteiger partial charge in [0.15, 0.2) is 0 Å². The third-order valence-corrected chi connectivity index (χ3v) is 3.95. The van der Waals surface area contributed by atoms with E-state index in [0.29, 0.717) is 31.2 Å². The molecule has 0 unspecified atom stereocenters. The van der Waals surface area contributed by atoms with Crippen molar-refractivity contribution in [2.45, 2.75) is 18.9 Å². The van der Waals surface area contributed by atoms with Crippen LogP contribution in [0.5, 0.6) is 0 Å². The minimum atomic E-state index is -1.01. The van der Waals surface area contributed by atoms with Crippen LogP contribution in [0.4, 0.5) is 0 Å². The van der Waals surface area contributed by atoms with Gasteiger partial charge in [0.1, 0.15) is 0 Å². The van der Waals surface area contributed by atoms with Crippen LogP contribution in [0, 0.1) is 5.92 Å². The first kappa shape index (κ1) is 13.1. The smallest absolute Gasteiger partial charge is 0.335 e. The highest BCUT2D eigenvalue weighted by Crippen LogP contribution is 2.37. The molecule has 106 valence electrons. The van der Waals surface area contributed by atoms with Crippen molar-refractivity contribution in [3.05, 3.63) is 35.4 Å². The zero-order valence-electron chi connectivity index (χ0n) is 11.1. The molecular weight excluding hydrogens is 258 g/mol. The fraction of sp³-hybridized carbons (Fsp3) is 0.467. The van der Waals surface area contributed by atoms with Crippen molar-refractivity contribution in [1.82, 2.24) is 4.90 Å². The summed E-state index contributed by atoms with van der Waals surface area (Å²) in [5.41, 5.74) is 0.588. The van der Waals surface area contributed by atoms with Crippen LogP contribution in [0.2, 0.25) is 0 Å². The summed E-state index contributed by atoms with van der Waals surface area (Å²) < 4.78 is 5.47. The molecule has 1 atom stereocenters. The molecule has 0 spiro atoms. The SMILES string of the molecule is O=C(O)c1cccc(C(=O)N2CCOC[C@H]2C2CC2)c1. The van der Waals surface area contributed by atoms with E-state index in [1.165, 1.54) is 12.1 Å². The van der Waals surface area contributed by atoms with E-state index >= 15 is 0 Å². The number of benzene rings is 1. The number of carbonyl (C=O) groups excluding carboxylic acids is 1. The van der Waals surface area contributed by atoms with Crippen molar-refractivity contribution in [3.63, 3.8) is 0 Å². The lowest BCUT2D eigenvalue weighted by atomic mass is 10.1. The maximum atomic E-state index is 12.6. The lowest BCUT2D eigenvalue weighted by Crippen LogP contribution is -2.49. The van der Waals surface area contributed by atoms with E-state index in [4.69, 9.17) is 9.84 Å². The van der Waals surface area contributed by atoms with Gasteiger partial charge in [-0.25, -0.2) is 4.79 Å². The van der Waals surface area contributed by atoms with E-state index in [2.05, 4.69) is 0 Å². The fourth-order valence-corrected chi connectivity index (χ4v) is 2.70. The van der Waals surface area contributed by atoms with Crippen molar-refractivity contribution < 1.29 is 19.4 Å². The molecule has 1 aromatic carbocycles. The van der Waals surface area contributed by atoms with Gasteiger partial charge in [0.2, 0.25) is 0 Å². The van der Waals surface area contributed by atoms with Crippen LogP contribution in [-0.2, 0) is 4.74 Å². The minimum Gasteiger partial charge on any atom is -0.478 e. The first-order valence-electron chi connectivity index (χ1n) is 6.89. The molecule has 5 heteroatoms. The second kappa shape index (κ2) is 5.25. The van der Waals surface area contributed by atoms with Crippen LogP contribution < -0.4 is 0 Å². The highest BCUT2D eigenvalue weighted by atomic mass is 16.5. The Kier molecular flexibility index (Phi) is 3.44. The lowest BCUT2D eigenvalue weighted by Gasteiger charge is -2.36. The molecule has 1 aliphatic heterocycles. The van der Waals surface area contributed by atoms with Crippen LogP contribution in [-0.4, -0.2) is 47.7 Å². The highest BCUT2D eigenvalue weighted by molar-refractivity contribution is 5.97. The molecule has 5 nitrogen and oxygen atoms in total. The number of amides is 1. The molecule has 0 radical (unpaired) electrons. The molecule has 0 bridgehead atoms. The number of hydrogen-bond acceptors (Lipinski definition) is 3. The summed E-state index contributed by atoms with van der Waals surface area (Å²) >= 11 is 0. The number of carboxylic acid groups (broad SMARTS) is 1. The topological polar surface area (TPSA) is 66.8 Å². The average molecular weight is 275 g/mol. The van der Waals surface area contributed by atoms with Crippen molar-refractivity contribution in [2.75, 3.05) is 19.8 Å². The normalized spacial score (nSPS) is 22.6. The van der Waals surface area contributed by atoms with Crippen molar-refractivity contribution in [1.29, 1.82) is 0 Å². The number of carbonyl (C=O) groups is 2. The van der Waals surface area contributed by atoms with Gasteiger partial charge in [0.05, 0.1) is 24.8 Å². The van der Waals surface area contributed by atoms with Crippen LogP contribution in [0.15, 0.2) is 24.3 Å². The maximum Gasteiger partial charge on any atom is 0.335 e. The molecule has 3 rings (SSSR count). The molecular formula is C15H17NO4. The molecule has 1 amide bonds. The molecule has 1 heterocycles. The Bertz CT molecular complexity index is 538. The number of nitrogens with zero attached hydrogens (tertiary/aromatic N) is 1. The quantitative estimate of drug-likeness (QED) is 0.910. The lowest BCUT2D eigenvalue weighted by molar-refractivity contribution is -0.00834. The van der Waals surface area contributed by atoms with E-state index in [0.717, 1.165) is 12.8 Å². The monoisotopic (exact) mass is 275 g/mol. The van der Waals surface area contributed by atoms with Gasteiger partial charge in [0, 0.05) is 12.1 Å². The molecule has 1 aromatic rings. The van der Waals surface area contributed by atoms with Gasteiger partial charge in [-0.1, -0.05) is 6.07 Å². The number of carboxylic acids is 1. The van der Waals surface area contributed by atoms with Crippen LogP contribution in [0.3, 0.4) is 0 Å². The van der Waals surface area contributed by atoms with E-state index < -0.39 is 5.97 Å². The molecule has 1 N–H and O–H groups in total. The second-order valence-corrected chi connectivity index (χ2v) is 5.36. The fourth-order valence-electron chi connectivity index (χ4n) is 2.70. The number of aromatic carboxylic acids is 1. The molecule has 20 heavy (non-hydrogen) atoms. The van der Waals surface area contributed by atoms with E-state index in [1.54, 1.807) is 12.1 Å².